The monoisotopic (exact) mass is 513 g/mol. The lowest BCUT2D eigenvalue weighted by Crippen LogP contribution is -2.70. The van der Waals surface area contributed by atoms with Gasteiger partial charge in [-0.15, -0.1) is 0 Å². The lowest BCUT2D eigenvalue weighted by Gasteiger charge is -2.66. The molecule has 3 aliphatic rings. The van der Waals surface area contributed by atoms with E-state index in [1.54, 1.807) is 26.8 Å². The number of aromatic amines is 1. The van der Waals surface area contributed by atoms with E-state index in [0.29, 0.717) is 25.0 Å². The number of H-pyrrole nitrogens is 1. The Morgan fingerprint density at radius 3 is 2.42 bits per heavy atom. The molecular formula is C27H27N7O4. The molecule has 3 aromatic rings. The molecule has 0 spiro atoms. The highest BCUT2D eigenvalue weighted by atomic mass is 16.6. The number of rotatable bonds is 5. The summed E-state index contributed by atoms with van der Waals surface area (Å²) < 4.78 is 12.7. The molecule has 3 fully saturated rings. The second kappa shape index (κ2) is 8.45. The summed E-state index contributed by atoms with van der Waals surface area (Å²) >= 11 is 0. The second-order valence-corrected chi connectivity index (χ2v) is 11.2. The van der Waals surface area contributed by atoms with E-state index in [2.05, 4.69) is 26.5 Å². The Bertz CT molecular complexity index is 1620. The Kier molecular flexibility index (Phi) is 5.57. The van der Waals surface area contributed by atoms with Crippen LogP contribution in [0.4, 0.5) is 10.7 Å². The zero-order chi connectivity index (χ0) is 27.5. The average Bonchev–Trinajstić information content (AvgIpc) is 3.12. The third-order valence-electron chi connectivity index (χ3n) is 6.76. The quantitative estimate of drug-likeness (QED) is 0.461. The molecule has 1 aromatic carbocycles. The number of hydrogen-bond acceptors (Lipinski definition) is 9. The molecule has 3 saturated carbocycles. The van der Waals surface area contributed by atoms with Crippen molar-refractivity contribution in [1.82, 2.24) is 19.7 Å². The van der Waals surface area contributed by atoms with Crippen LogP contribution in [0.5, 0.6) is 11.6 Å². The number of aryl methyl sites for hydroxylation is 2. The van der Waals surface area contributed by atoms with Crippen LogP contribution in [0.1, 0.15) is 56.7 Å². The molecule has 0 saturated heterocycles. The smallest absolute Gasteiger partial charge is 0.434 e. The largest absolute Gasteiger partial charge is 0.442 e. The molecule has 0 amide bonds. The zero-order valence-electron chi connectivity index (χ0n) is 21.8. The number of anilines is 1. The lowest BCUT2D eigenvalue weighted by molar-refractivity contribution is -0.0665. The number of nitrogens with zero attached hydrogens (tertiary/aromatic N) is 5. The number of carbonyl (C=O) groups excluding carboxylic acids is 1. The summed E-state index contributed by atoms with van der Waals surface area (Å²) in [5.41, 5.74) is 0.383. The Labute approximate surface area is 218 Å². The van der Waals surface area contributed by atoms with E-state index >= 15 is 0 Å². The summed E-state index contributed by atoms with van der Waals surface area (Å²) in [5, 5.41) is 24.0. The van der Waals surface area contributed by atoms with E-state index in [9.17, 15) is 14.9 Å². The first kappa shape index (κ1) is 25.0. The van der Waals surface area contributed by atoms with E-state index in [0.717, 1.165) is 21.4 Å². The Morgan fingerprint density at radius 1 is 1.18 bits per heavy atom. The van der Waals surface area contributed by atoms with Gasteiger partial charge in [-0.1, -0.05) is 0 Å². The van der Waals surface area contributed by atoms with Crippen molar-refractivity contribution >= 4 is 29.2 Å². The van der Waals surface area contributed by atoms with Gasteiger partial charge in [0, 0.05) is 11.6 Å². The molecular weight excluding hydrogens is 486 g/mol. The van der Waals surface area contributed by atoms with Crippen LogP contribution in [0.2, 0.25) is 0 Å². The molecule has 0 unspecified atom stereocenters. The van der Waals surface area contributed by atoms with Gasteiger partial charge in [0.15, 0.2) is 11.0 Å². The van der Waals surface area contributed by atoms with E-state index in [-0.39, 0.29) is 33.8 Å². The number of nitriles is 2. The average molecular weight is 514 g/mol. The highest BCUT2D eigenvalue weighted by molar-refractivity contribution is 5.89. The summed E-state index contributed by atoms with van der Waals surface area (Å²) in [6.45, 7) is 8.86. The summed E-state index contributed by atoms with van der Waals surface area (Å²) in [7, 11) is 0. The van der Waals surface area contributed by atoms with Gasteiger partial charge in [-0.25, -0.2) is 9.78 Å². The van der Waals surface area contributed by atoms with Crippen LogP contribution >= 0.6 is 0 Å². The molecule has 11 heteroatoms. The third kappa shape index (κ3) is 4.26. The Morgan fingerprint density at radius 2 is 1.84 bits per heavy atom. The van der Waals surface area contributed by atoms with Gasteiger partial charge in [0.2, 0.25) is 5.95 Å². The first-order valence-electron chi connectivity index (χ1n) is 12.2. The Hall–Kier alpha value is -4.64. The Balaban J connectivity index is 1.60. The first-order chi connectivity index (χ1) is 17.9. The standard InChI is InChI=1S/C27H27N7O4/c1-15-9-17(7-6-8-28)10-16(2)20(15)37-22-19-18(21(35)33-34(19)24(36)38-25(3,4)5)30-23(31-22)32-27-11-26(12-27,13-27)14-29/h6-7,9-10H,11-13H2,1-5H3,(H,33,35)(H,30,31,32)/b7-6+. The second-order valence-electron chi connectivity index (χ2n) is 11.2. The number of aromatic nitrogens is 4. The number of ether oxygens (including phenoxy) is 2. The molecule has 2 N–H and O–H groups in total. The van der Waals surface area contributed by atoms with E-state index in [1.165, 1.54) is 6.08 Å². The number of allylic oxidation sites excluding steroid dienone is 1. The maximum atomic E-state index is 13.0. The number of fused-ring (bicyclic) bond motifs is 1. The van der Waals surface area contributed by atoms with E-state index in [1.807, 2.05) is 32.0 Å². The fourth-order valence-electron chi connectivity index (χ4n) is 5.32. The minimum Gasteiger partial charge on any atom is -0.442 e. The van der Waals surface area contributed by atoms with Crippen LogP contribution in [0, 0.1) is 41.9 Å². The van der Waals surface area contributed by atoms with Crippen molar-refractivity contribution in [3.8, 4) is 23.8 Å². The van der Waals surface area contributed by atoms with Gasteiger partial charge in [-0.2, -0.15) is 20.2 Å². The molecule has 2 heterocycles. The predicted octanol–water partition coefficient (Wildman–Crippen LogP) is 4.71. The number of carbonyl (C=O) groups is 1. The molecule has 194 valence electrons. The number of benzene rings is 1. The van der Waals surface area contributed by atoms with Crippen molar-refractivity contribution in [3.05, 3.63) is 45.3 Å². The van der Waals surface area contributed by atoms with Crippen molar-refractivity contribution in [2.75, 3.05) is 5.32 Å². The van der Waals surface area contributed by atoms with Crippen LogP contribution in [0.15, 0.2) is 23.0 Å². The minimum atomic E-state index is -0.811. The van der Waals surface area contributed by atoms with Crippen molar-refractivity contribution in [3.63, 3.8) is 0 Å². The zero-order valence-corrected chi connectivity index (χ0v) is 21.8. The SMILES string of the molecule is Cc1cc(/C=C/C#N)cc(C)c1Oc1nc(NC23CC(C#N)(C2)C3)nc2c(=O)[nH]n(C(=O)OC(C)(C)C)c12. The lowest BCUT2D eigenvalue weighted by atomic mass is 9.40. The minimum absolute atomic E-state index is 0.00480. The van der Waals surface area contributed by atoms with Crippen molar-refractivity contribution < 1.29 is 14.3 Å². The van der Waals surface area contributed by atoms with Gasteiger partial charge in [0.1, 0.15) is 11.4 Å². The maximum Gasteiger partial charge on any atom is 0.434 e. The summed E-state index contributed by atoms with van der Waals surface area (Å²) in [6.07, 6.45) is 4.32. The molecule has 2 aromatic heterocycles. The third-order valence-corrected chi connectivity index (χ3v) is 6.76. The normalized spacial score (nSPS) is 21.8. The van der Waals surface area contributed by atoms with Crippen LogP contribution < -0.4 is 15.6 Å². The topological polar surface area (TPSA) is 159 Å². The van der Waals surface area contributed by atoms with Crippen molar-refractivity contribution in [1.29, 1.82) is 10.5 Å². The molecule has 11 nitrogen and oxygen atoms in total. The van der Waals surface area contributed by atoms with Crippen LogP contribution in [0.3, 0.4) is 0 Å². The van der Waals surface area contributed by atoms with Gasteiger partial charge < -0.3 is 14.8 Å². The molecule has 0 radical (unpaired) electrons. The summed E-state index contributed by atoms with van der Waals surface area (Å²) in [6, 6.07) is 8.05. The van der Waals surface area contributed by atoms with E-state index < -0.39 is 17.3 Å². The molecule has 3 aliphatic carbocycles. The van der Waals surface area contributed by atoms with Crippen LogP contribution in [0.25, 0.3) is 17.1 Å². The highest BCUT2D eigenvalue weighted by Gasteiger charge is 2.69. The van der Waals surface area contributed by atoms with Gasteiger partial charge in [0.05, 0.1) is 17.6 Å². The van der Waals surface area contributed by atoms with Crippen LogP contribution in [-0.2, 0) is 4.74 Å². The summed E-state index contributed by atoms with van der Waals surface area (Å²) in [4.78, 5) is 34.9. The van der Waals surface area contributed by atoms with E-state index in [4.69, 9.17) is 14.7 Å². The van der Waals surface area contributed by atoms with Crippen LogP contribution in [-0.4, -0.2) is 37.0 Å². The highest BCUT2D eigenvalue weighted by Crippen LogP contribution is 2.67. The first-order valence-corrected chi connectivity index (χ1v) is 12.2. The van der Waals surface area contributed by atoms with Gasteiger partial charge >= 0.3 is 6.09 Å². The molecule has 6 rings (SSSR count). The number of hydrogen-bond donors (Lipinski definition) is 2. The molecule has 0 atom stereocenters. The predicted molar refractivity (Wildman–Crippen MR) is 139 cm³/mol. The summed E-state index contributed by atoms with van der Waals surface area (Å²) in [5.74, 6) is 0.660. The van der Waals surface area contributed by atoms with Crippen molar-refractivity contribution in [2.24, 2.45) is 5.41 Å². The fourth-order valence-corrected chi connectivity index (χ4v) is 5.32. The molecule has 0 aliphatic heterocycles. The number of nitrogens with one attached hydrogen (secondary N) is 2. The van der Waals surface area contributed by atoms with Gasteiger partial charge in [-0.3, -0.25) is 9.89 Å². The van der Waals surface area contributed by atoms with Crippen molar-refractivity contribution in [2.45, 2.75) is 65.0 Å². The maximum absolute atomic E-state index is 13.0. The molecule has 38 heavy (non-hydrogen) atoms. The van der Waals surface area contributed by atoms with Gasteiger partial charge in [0.25, 0.3) is 11.4 Å². The molecule has 2 bridgehead atoms. The van der Waals surface area contributed by atoms with Gasteiger partial charge in [-0.05, 0) is 88.8 Å². The fraction of sp³-hybridized carbons (Fsp3) is 0.407.